The van der Waals surface area contributed by atoms with Gasteiger partial charge in [0.05, 0.1) is 0 Å². The Bertz CT molecular complexity index is 732. The molecule has 0 saturated heterocycles. The van der Waals surface area contributed by atoms with E-state index in [1.165, 1.54) is 0 Å². The van der Waals surface area contributed by atoms with Crippen molar-refractivity contribution in [2.75, 3.05) is 19.8 Å². The molecule has 0 fully saturated rings. The third-order valence-corrected chi connectivity index (χ3v) is 3.70. The molecule has 0 radical (unpaired) electrons. The van der Waals surface area contributed by atoms with Crippen molar-refractivity contribution in [3.63, 3.8) is 0 Å². The van der Waals surface area contributed by atoms with E-state index in [1.807, 2.05) is 36.4 Å². The minimum atomic E-state index is -0.869. The molecule has 1 N–H and O–H groups in total. The van der Waals surface area contributed by atoms with Gasteiger partial charge < -0.3 is 19.5 Å². The predicted octanol–water partition coefficient (Wildman–Crippen LogP) is 1.73. The van der Waals surface area contributed by atoms with Crippen LogP contribution in [0.3, 0.4) is 0 Å². The maximum absolute atomic E-state index is 12.0. The summed E-state index contributed by atoms with van der Waals surface area (Å²) < 4.78 is 16.0. The Morgan fingerprint density at radius 1 is 1.04 bits per heavy atom. The molecule has 2 aromatic rings. The lowest BCUT2D eigenvalue weighted by Crippen LogP contribution is -2.39. The zero-order valence-corrected chi connectivity index (χ0v) is 13.6. The first-order valence-corrected chi connectivity index (χ1v) is 8.08. The average molecular weight is 341 g/mol. The summed E-state index contributed by atoms with van der Waals surface area (Å²) in [6.45, 7) is 0.206. The first-order valence-electron chi connectivity index (χ1n) is 8.08. The molecule has 0 unspecified atom stereocenters. The van der Waals surface area contributed by atoms with Crippen LogP contribution in [0.15, 0.2) is 54.6 Å². The Labute approximate surface area is 145 Å². The molecule has 2 aromatic carbocycles. The fourth-order valence-corrected chi connectivity index (χ4v) is 2.41. The molecule has 6 heteroatoms. The van der Waals surface area contributed by atoms with Crippen LogP contribution in [0, 0.1) is 0 Å². The molecular formula is C19H19NO5. The Morgan fingerprint density at radius 2 is 1.76 bits per heavy atom. The Kier molecular flexibility index (Phi) is 5.51. The van der Waals surface area contributed by atoms with Gasteiger partial charge in [-0.2, -0.15) is 0 Å². The van der Waals surface area contributed by atoms with Crippen LogP contribution in [0.5, 0.6) is 11.5 Å². The van der Waals surface area contributed by atoms with Crippen molar-refractivity contribution in [1.29, 1.82) is 0 Å². The molecule has 1 heterocycles. The van der Waals surface area contributed by atoms with Gasteiger partial charge in [0, 0.05) is 6.54 Å². The Hall–Kier alpha value is -3.02. The number of hydrogen-bond donors (Lipinski definition) is 1. The molecule has 0 aromatic heterocycles. The minimum Gasteiger partial charge on any atom is -0.485 e. The van der Waals surface area contributed by atoms with Crippen molar-refractivity contribution in [3.05, 3.63) is 60.2 Å². The normalized spacial score (nSPS) is 15.3. The van der Waals surface area contributed by atoms with Crippen molar-refractivity contribution in [1.82, 2.24) is 5.32 Å². The molecule has 6 nitrogen and oxygen atoms in total. The van der Waals surface area contributed by atoms with E-state index in [2.05, 4.69) is 5.32 Å². The van der Waals surface area contributed by atoms with Crippen molar-refractivity contribution in [3.8, 4) is 11.5 Å². The Morgan fingerprint density at radius 3 is 2.56 bits per heavy atom. The number of amides is 1. The summed E-state index contributed by atoms with van der Waals surface area (Å²) in [5.74, 6) is 0.113. The van der Waals surface area contributed by atoms with Crippen LogP contribution < -0.4 is 14.8 Å². The number of rotatable bonds is 6. The SMILES string of the molecule is O=C(COC(=O)[C@H]1COc2ccccc2O1)NCCc1ccccc1. The van der Waals surface area contributed by atoms with E-state index in [9.17, 15) is 9.59 Å². The molecule has 0 saturated carbocycles. The number of para-hydroxylation sites is 2. The van der Waals surface area contributed by atoms with Crippen LogP contribution in [0.2, 0.25) is 0 Å². The lowest BCUT2D eigenvalue weighted by molar-refractivity contribution is -0.157. The smallest absolute Gasteiger partial charge is 0.351 e. The highest BCUT2D eigenvalue weighted by atomic mass is 16.6. The fourth-order valence-electron chi connectivity index (χ4n) is 2.41. The summed E-state index contributed by atoms with van der Waals surface area (Å²) in [6.07, 6.45) is -0.149. The second kappa shape index (κ2) is 8.19. The number of ether oxygens (including phenoxy) is 3. The summed E-state index contributed by atoms with van der Waals surface area (Å²) in [4.78, 5) is 23.8. The maximum Gasteiger partial charge on any atom is 0.351 e. The first-order chi connectivity index (χ1) is 12.2. The van der Waals surface area contributed by atoms with Crippen molar-refractivity contribution in [2.45, 2.75) is 12.5 Å². The van der Waals surface area contributed by atoms with Gasteiger partial charge in [-0.1, -0.05) is 42.5 Å². The number of fused-ring (bicyclic) bond motifs is 1. The van der Waals surface area contributed by atoms with Gasteiger partial charge in [-0.15, -0.1) is 0 Å². The van der Waals surface area contributed by atoms with E-state index in [-0.39, 0.29) is 19.1 Å². The highest BCUT2D eigenvalue weighted by molar-refractivity contribution is 5.82. The average Bonchev–Trinajstić information content (AvgIpc) is 2.66. The molecule has 0 bridgehead atoms. The number of esters is 1. The quantitative estimate of drug-likeness (QED) is 0.810. The van der Waals surface area contributed by atoms with Gasteiger partial charge in [-0.25, -0.2) is 4.79 Å². The summed E-state index contributed by atoms with van der Waals surface area (Å²) in [5.41, 5.74) is 1.13. The molecule has 130 valence electrons. The zero-order valence-electron chi connectivity index (χ0n) is 13.6. The maximum atomic E-state index is 12.0. The molecule has 3 rings (SSSR count). The van der Waals surface area contributed by atoms with Crippen LogP contribution in [-0.2, 0) is 20.7 Å². The summed E-state index contributed by atoms with van der Waals surface area (Å²) in [6, 6.07) is 16.9. The molecule has 1 aliphatic heterocycles. The number of carbonyl (C=O) groups excluding carboxylic acids is 2. The molecule has 1 amide bonds. The van der Waals surface area contributed by atoms with Gasteiger partial charge >= 0.3 is 5.97 Å². The Balaban J connectivity index is 1.38. The van der Waals surface area contributed by atoms with E-state index in [0.717, 1.165) is 12.0 Å². The van der Waals surface area contributed by atoms with E-state index < -0.39 is 12.1 Å². The van der Waals surface area contributed by atoms with Crippen LogP contribution >= 0.6 is 0 Å². The van der Waals surface area contributed by atoms with Crippen molar-refractivity contribution < 1.29 is 23.8 Å². The molecule has 1 atom stereocenters. The topological polar surface area (TPSA) is 73.9 Å². The molecule has 0 aliphatic carbocycles. The van der Waals surface area contributed by atoms with E-state index in [1.54, 1.807) is 18.2 Å². The number of carbonyl (C=O) groups is 2. The van der Waals surface area contributed by atoms with Gasteiger partial charge in [0.1, 0.15) is 6.61 Å². The van der Waals surface area contributed by atoms with Gasteiger partial charge in [0.25, 0.3) is 5.91 Å². The van der Waals surface area contributed by atoms with Crippen molar-refractivity contribution >= 4 is 11.9 Å². The third kappa shape index (κ3) is 4.73. The lowest BCUT2D eigenvalue weighted by atomic mass is 10.1. The second-order valence-corrected chi connectivity index (χ2v) is 5.56. The minimum absolute atomic E-state index is 0.0610. The number of nitrogens with one attached hydrogen (secondary N) is 1. The number of benzene rings is 2. The summed E-state index contributed by atoms with van der Waals surface area (Å²) in [5, 5.41) is 2.72. The molecule has 1 aliphatic rings. The highest BCUT2D eigenvalue weighted by Gasteiger charge is 2.29. The van der Waals surface area contributed by atoms with Gasteiger partial charge in [0.2, 0.25) is 6.10 Å². The summed E-state index contributed by atoms with van der Waals surface area (Å²) in [7, 11) is 0. The third-order valence-electron chi connectivity index (χ3n) is 3.70. The largest absolute Gasteiger partial charge is 0.485 e. The fraction of sp³-hybridized carbons (Fsp3) is 0.263. The standard InChI is InChI=1S/C19H19NO5/c21-18(20-11-10-14-6-2-1-3-7-14)13-24-19(22)17-12-23-15-8-4-5-9-16(15)25-17/h1-9,17H,10-13H2,(H,20,21)/t17-/m1/s1. The highest BCUT2D eigenvalue weighted by Crippen LogP contribution is 2.31. The molecule has 0 spiro atoms. The first kappa shape index (κ1) is 16.8. The van der Waals surface area contributed by atoms with Gasteiger partial charge in [-0.3, -0.25) is 4.79 Å². The van der Waals surface area contributed by atoms with E-state index in [0.29, 0.717) is 18.0 Å². The van der Waals surface area contributed by atoms with Gasteiger partial charge in [-0.05, 0) is 24.1 Å². The predicted molar refractivity (Wildman–Crippen MR) is 90.5 cm³/mol. The van der Waals surface area contributed by atoms with Crippen LogP contribution in [-0.4, -0.2) is 37.7 Å². The molecule has 25 heavy (non-hydrogen) atoms. The zero-order chi connectivity index (χ0) is 17.5. The van der Waals surface area contributed by atoms with Gasteiger partial charge in [0.15, 0.2) is 18.1 Å². The van der Waals surface area contributed by atoms with Crippen LogP contribution in [0.25, 0.3) is 0 Å². The van der Waals surface area contributed by atoms with E-state index in [4.69, 9.17) is 14.2 Å². The van der Waals surface area contributed by atoms with E-state index >= 15 is 0 Å². The van der Waals surface area contributed by atoms with Crippen LogP contribution in [0.1, 0.15) is 5.56 Å². The molecular weight excluding hydrogens is 322 g/mol. The van der Waals surface area contributed by atoms with Crippen LogP contribution in [0.4, 0.5) is 0 Å². The number of hydrogen-bond acceptors (Lipinski definition) is 5. The lowest BCUT2D eigenvalue weighted by Gasteiger charge is -2.24. The van der Waals surface area contributed by atoms with Crippen molar-refractivity contribution in [2.24, 2.45) is 0 Å². The monoisotopic (exact) mass is 341 g/mol. The second-order valence-electron chi connectivity index (χ2n) is 5.56. The summed E-state index contributed by atoms with van der Waals surface area (Å²) >= 11 is 0.